The van der Waals surface area contributed by atoms with E-state index in [0.717, 1.165) is 10.6 Å². The molecule has 6 heteroatoms. The molecule has 0 atom stereocenters. The number of pyridine rings is 1. The van der Waals surface area contributed by atoms with E-state index >= 15 is 0 Å². The van der Waals surface area contributed by atoms with Gasteiger partial charge in [-0.1, -0.05) is 41.9 Å². The number of aromatic carboxylic acids is 1. The van der Waals surface area contributed by atoms with Gasteiger partial charge in [0, 0.05) is 10.6 Å². The lowest BCUT2D eigenvalue weighted by Gasteiger charge is -2.05. The molecule has 0 aliphatic rings. The Morgan fingerprint density at radius 2 is 2.05 bits per heavy atom. The van der Waals surface area contributed by atoms with Crippen LogP contribution in [0, 0.1) is 0 Å². The molecule has 0 aliphatic carbocycles. The van der Waals surface area contributed by atoms with Crippen molar-refractivity contribution in [2.45, 2.75) is 10.6 Å². The summed E-state index contributed by atoms with van der Waals surface area (Å²) in [6.07, 6.45) is 1.31. The lowest BCUT2D eigenvalue weighted by Crippen LogP contribution is -1.96. The predicted molar refractivity (Wildman–Crippen MR) is 83.2 cm³/mol. The maximum absolute atomic E-state index is 11.2. The minimum absolute atomic E-state index is 0.152. The molecular weight excluding hydrogens is 308 g/mol. The van der Waals surface area contributed by atoms with E-state index in [1.165, 1.54) is 16.3 Å². The molecule has 1 N–H and O–H groups in total. The number of halogens is 1. The third-order valence-electron chi connectivity index (χ3n) is 3.03. The van der Waals surface area contributed by atoms with Crippen molar-refractivity contribution in [1.29, 1.82) is 0 Å². The van der Waals surface area contributed by atoms with Crippen molar-refractivity contribution in [3.63, 3.8) is 0 Å². The van der Waals surface area contributed by atoms with E-state index in [-0.39, 0.29) is 5.56 Å². The minimum Gasteiger partial charge on any atom is -0.478 e. The van der Waals surface area contributed by atoms with Crippen LogP contribution in [0.1, 0.15) is 15.9 Å². The first-order valence-electron chi connectivity index (χ1n) is 6.22. The number of thioether (sulfide) groups is 1. The van der Waals surface area contributed by atoms with Crippen LogP contribution in [0.4, 0.5) is 0 Å². The number of nitrogens with zero attached hydrogens (tertiary/aromatic N) is 2. The summed E-state index contributed by atoms with van der Waals surface area (Å²) in [5.74, 6) is -0.213. The van der Waals surface area contributed by atoms with E-state index in [2.05, 4.69) is 17.2 Å². The van der Waals surface area contributed by atoms with Crippen LogP contribution in [-0.2, 0) is 5.75 Å². The summed E-state index contributed by atoms with van der Waals surface area (Å²) >= 11 is 7.76. The van der Waals surface area contributed by atoms with Gasteiger partial charge < -0.3 is 5.11 Å². The fourth-order valence-corrected chi connectivity index (χ4v) is 3.24. The molecule has 0 unspecified atom stereocenters. The Labute approximate surface area is 130 Å². The molecule has 106 valence electrons. The Hall–Kier alpha value is -1.98. The number of carboxylic acids is 1. The second-order valence-corrected chi connectivity index (χ2v) is 5.88. The van der Waals surface area contributed by atoms with Crippen LogP contribution in [0.2, 0.25) is 5.15 Å². The van der Waals surface area contributed by atoms with Gasteiger partial charge in [0.2, 0.25) is 0 Å². The van der Waals surface area contributed by atoms with E-state index < -0.39 is 5.97 Å². The highest BCUT2D eigenvalue weighted by Gasteiger charge is 2.14. The average Bonchev–Trinajstić information content (AvgIpc) is 2.91. The number of carbonyl (C=O) groups is 1. The van der Waals surface area contributed by atoms with Crippen molar-refractivity contribution in [3.8, 4) is 0 Å². The van der Waals surface area contributed by atoms with Crippen LogP contribution in [0.15, 0.2) is 53.6 Å². The highest BCUT2D eigenvalue weighted by Crippen LogP contribution is 2.28. The highest BCUT2D eigenvalue weighted by molar-refractivity contribution is 7.98. The molecule has 0 bridgehead atoms. The molecule has 4 nitrogen and oxygen atoms in total. The van der Waals surface area contributed by atoms with E-state index in [1.54, 1.807) is 23.9 Å². The zero-order valence-corrected chi connectivity index (χ0v) is 12.4. The van der Waals surface area contributed by atoms with Crippen molar-refractivity contribution in [3.05, 3.63) is 64.9 Å². The van der Waals surface area contributed by atoms with Crippen molar-refractivity contribution in [1.82, 2.24) is 9.61 Å². The largest absolute Gasteiger partial charge is 0.478 e. The molecule has 3 aromatic rings. The molecule has 3 rings (SSSR count). The number of benzene rings is 1. The Kier molecular flexibility index (Phi) is 3.86. The number of hydrogen-bond donors (Lipinski definition) is 1. The number of hydrogen-bond acceptors (Lipinski definition) is 3. The van der Waals surface area contributed by atoms with Crippen LogP contribution in [-0.4, -0.2) is 20.7 Å². The molecule has 0 radical (unpaired) electrons. The quantitative estimate of drug-likeness (QED) is 0.584. The Balaban J connectivity index is 1.92. The van der Waals surface area contributed by atoms with Gasteiger partial charge in [0.1, 0.15) is 10.7 Å². The van der Waals surface area contributed by atoms with Gasteiger partial charge in [-0.05, 0) is 17.7 Å². The summed E-state index contributed by atoms with van der Waals surface area (Å²) in [6.45, 7) is 0. The molecule has 2 heterocycles. The van der Waals surface area contributed by atoms with Gasteiger partial charge in [0.05, 0.1) is 11.7 Å². The molecular formula is C15H11ClN2O2S. The Morgan fingerprint density at radius 3 is 2.76 bits per heavy atom. The smallest absolute Gasteiger partial charge is 0.339 e. The van der Waals surface area contributed by atoms with Gasteiger partial charge in [-0.2, -0.15) is 5.10 Å². The zero-order chi connectivity index (χ0) is 14.8. The third kappa shape index (κ3) is 2.89. The van der Waals surface area contributed by atoms with Gasteiger partial charge in [-0.3, -0.25) is 0 Å². The topological polar surface area (TPSA) is 54.6 Å². The summed E-state index contributed by atoms with van der Waals surface area (Å²) in [7, 11) is 0. The monoisotopic (exact) mass is 318 g/mol. The van der Waals surface area contributed by atoms with E-state index in [9.17, 15) is 4.79 Å². The number of aromatic nitrogens is 2. The van der Waals surface area contributed by atoms with Gasteiger partial charge in [-0.15, -0.1) is 11.8 Å². The van der Waals surface area contributed by atoms with E-state index in [0.29, 0.717) is 10.7 Å². The molecule has 1 aromatic carbocycles. The molecule has 21 heavy (non-hydrogen) atoms. The summed E-state index contributed by atoms with van der Waals surface area (Å²) in [6, 6.07) is 13.7. The molecule has 0 saturated heterocycles. The van der Waals surface area contributed by atoms with Crippen molar-refractivity contribution in [2.24, 2.45) is 0 Å². The second kappa shape index (κ2) is 5.79. The lowest BCUT2D eigenvalue weighted by atomic mass is 10.2. The van der Waals surface area contributed by atoms with Crippen molar-refractivity contribution >= 4 is 34.8 Å². The minimum atomic E-state index is -1.01. The fraction of sp³-hybridized carbons (Fsp3) is 0.0667. The van der Waals surface area contributed by atoms with Crippen LogP contribution < -0.4 is 0 Å². The number of carboxylic acid groups (broad SMARTS) is 1. The maximum Gasteiger partial charge on any atom is 0.339 e. The Bertz CT molecular complexity index is 802. The second-order valence-electron chi connectivity index (χ2n) is 4.45. The SMILES string of the molecule is O=C(O)c1cnn2c(Cl)cc(SCc3ccccc3)cc12. The standard InChI is InChI=1S/C15H11ClN2O2S/c16-14-7-11(21-9-10-4-2-1-3-5-10)6-13-12(15(19)20)8-17-18(13)14/h1-8H,9H2,(H,19,20). The van der Waals surface area contributed by atoms with E-state index in [4.69, 9.17) is 16.7 Å². The van der Waals surface area contributed by atoms with Gasteiger partial charge in [-0.25, -0.2) is 9.31 Å². The molecule has 0 amide bonds. The lowest BCUT2D eigenvalue weighted by molar-refractivity contribution is 0.0699. The zero-order valence-electron chi connectivity index (χ0n) is 10.9. The van der Waals surface area contributed by atoms with Crippen LogP contribution in [0.25, 0.3) is 5.52 Å². The van der Waals surface area contributed by atoms with E-state index in [1.807, 2.05) is 18.2 Å². The fourth-order valence-electron chi connectivity index (χ4n) is 2.01. The normalized spacial score (nSPS) is 10.9. The first kappa shape index (κ1) is 14.0. The maximum atomic E-state index is 11.2. The molecule has 2 aromatic heterocycles. The first-order valence-corrected chi connectivity index (χ1v) is 7.59. The first-order chi connectivity index (χ1) is 10.1. The molecule has 0 aliphatic heterocycles. The molecule has 0 spiro atoms. The molecule has 0 saturated carbocycles. The Morgan fingerprint density at radius 1 is 1.29 bits per heavy atom. The molecule has 0 fully saturated rings. The van der Waals surface area contributed by atoms with Crippen LogP contribution in [0.5, 0.6) is 0 Å². The summed E-state index contributed by atoms with van der Waals surface area (Å²) in [4.78, 5) is 12.1. The van der Waals surface area contributed by atoms with Gasteiger partial charge >= 0.3 is 5.97 Å². The third-order valence-corrected chi connectivity index (χ3v) is 4.34. The van der Waals surface area contributed by atoms with Crippen molar-refractivity contribution in [2.75, 3.05) is 0 Å². The summed E-state index contributed by atoms with van der Waals surface area (Å²) in [5, 5.41) is 13.6. The summed E-state index contributed by atoms with van der Waals surface area (Å²) < 4.78 is 1.43. The summed E-state index contributed by atoms with van der Waals surface area (Å²) in [5.41, 5.74) is 1.86. The number of rotatable bonds is 4. The van der Waals surface area contributed by atoms with Crippen LogP contribution >= 0.6 is 23.4 Å². The van der Waals surface area contributed by atoms with Gasteiger partial charge in [0.25, 0.3) is 0 Å². The van der Waals surface area contributed by atoms with Crippen molar-refractivity contribution < 1.29 is 9.90 Å². The number of fused-ring (bicyclic) bond motifs is 1. The predicted octanol–water partition coefficient (Wildman–Crippen LogP) is 3.98. The van der Waals surface area contributed by atoms with Crippen LogP contribution in [0.3, 0.4) is 0 Å². The average molecular weight is 319 g/mol. The highest BCUT2D eigenvalue weighted by atomic mass is 35.5. The van der Waals surface area contributed by atoms with Gasteiger partial charge in [0.15, 0.2) is 0 Å².